The Morgan fingerprint density at radius 1 is 1.25 bits per heavy atom. The van der Waals surface area contributed by atoms with Crippen LogP contribution < -0.4 is 15.8 Å². The highest BCUT2D eigenvalue weighted by Crippen LogP contribution is 2.26. The highest BCUT2D eigenvalue weighted by Gasteiger charge is 2.29. The fraction of sp³-hybridized carbons (Fsp3) is 0.261. The number of hydrogen-bond donors (Lipinski definition) is 1. The van der Waals surface area contributed by atoms with Crippen LogP contribution in [0.5, 0.6) is 0 Å². The molecular formula is C23H21FN4O3S. The Labute approximate surface area is 187 Å². The van der Waals surface area contributed by atoms with E-state index < -0.39 is 0 Å². The topological polar surface area (TPSA) is 80.4 Å². The third-order valence-electron chi connectivity index (χ3n) is 5.64. The first kappa shape index (κ1) is 20.4. The normalized spacial score (nSPS) is 16.4. The fourth-order valence-corrected chi connectivity index (χ4v) is 4.80. The number of carbonyl (C=O) groups is 1. The van der Waals surface area contributed by atoms with E-state index >= 15 is 0 Å². The number of anilines is 1. The molecule has 1 aliphatic heterocycles. The van der Waals surface area contributed by atoms with E-state index in [4.69, 9.17) is 9.40 Å². The average Bonchev–Trinajstić information content (AvgIpc) is 3.50. The molecule has 0 aliphatic carbocycles. The zero-order chi connectivity index (χ0) is 22.1. The first-order chi connectivity index (χ1) is 15.6. The summed E-state index contributed by atoms with van der Waals surface area (Å²) in [4.78, 5) is 32.8. The molecule has 1 fully saturated rings. The molecule has 1 aromatic carbocycles. The Kier molecular flexibility index (Phi) is 5.48. The number of benzene rings is 1. The van der Waals surface area contributed by atoms with E-state index in [9.17, 15) is 14.0 Å². The minimum absolute atomic E-state index is 0.0570. The van der Waals surface area contributed by atoms with Gasteiger partial charge in [-0.05, 0) is 60.7 Å². The van der Waals surface area contributed by atoms with E-state index in [1.807, 2.05) is 22.4 Å². The van der Waals surface area contributed by atoms with Crippen molar-refractivity contribution in [3.8, 4) is 5.69 Å². The van der Waals surface area contributed by atoms with Crippen LogP contribution in [0, 0.1) is 11.7 Å². The summed E-state index contributed by atoms with van der Waals surface area (Å²) in [6.45, 7) is 1.44. The molecule has 1 aliphatic rings. The summed E-state index contributed by atoms with van der Waals surface area (Å²) in [6, 6.07) is 11.2. The summed E-state index contributed by atoms with van der Waals surface area (Å²) in [7, 11) is 0. The molecular weight excluding hydrogens is 431 g/mol. The zero-order valence-corrected chi connectivity index (χ0v) is 18.0. The molecule has 7 nitrogen and oxygen atoms in total. The first-order valence-electron chi connectivity index (χ1n) is 10.4. The number of hydrogen-bond acceptors (Lipinski definition) is 6. The predicted molar refractivity (Wildman–Crippen MR) is 121 cm³/mol. The second kappa shape index (κ2) is 8.58. The molecule has 0 saturated carbocycles. The molecule has 5 rings (SSSR count). The Balaban J connectivity index is 1.46. The SMILES string of the molecule is O=C(NCc1ccco1)C1CCCN(c2nc3ccsc3c(=O)n2-c2ccc(F)cc2)C1. The lowest BCUT2D eigenvalue weighted by molar-refractivity contribution is -0.125. The van der Waals surface area contributed by atoms with Crippen molar-refractivity contribution < 1.29 is 13.6 Å². The Morgan fingerprint density at radius 2 is 2.09 bits per heavy atom. The molecule has 0 radical (unpaired) electrons. The second-order valence-electron chi connectivity index (χ2n) is 7.75. The van der Waals surface area contributed by atoms with Crippen LogP contribution in [-0.4, -0.2) is 28.5 Å². The molecule has 164 valence electrons. The summed E-state index contributed by atoms with van der Waals surface area (Å²) in [5.74, 6) is 0.491. The van der Waals surface area contributed by atoms with Crippen LogP contribution in [0.4, 0.5) is 10.3 Å². The van der Waals surface area contributed by atoms with Crippen molar-refractivity contribution in [3.63, 3.8) is 0 Å². The molecule has 4 heterocycles. The smallest absolute Gasteiger partial charge is 0.277 e. The minimum Gasteiger partial charge on any atom is -0.467 e. The van der Waals surface area contributed by atoms with Crippen LogP contribution in [0.15, 0.2) is 63.3 Å². The number of aromatic nitrogens is 2. The summed E-state index contributed by atoms with van der Waals surface area (Å²) < 4.78 is 20.9. The number of piperidine rings is 1. The standard InChI is InChI=1S/C23H21FN4O3S/c24-16-5-7-17(8-6-16)28-22(30)20-19(9-12-32-20)26-23(28)27-10-1-3-15(14-27)21(29)25-13-18-4-2-11-31-18/h2,4-9,11-12,15H,1,3,10,13-14H2,(H,25,29). The van der Waals surface area contributed by atoms with Gasteiger partial charge < -0.3 is 14.6 Å². The minimum atomic E-state index is -0.375. The number of carbonyl (C=O) groups excluding carboxylic acids is 1. The van der Waals surface area contributed by atoms with Crippen LogP contribution in [0.2, 0.25) is 0 Å². The van der Waals surface area contributed by atoms with Gasteiger partial charge >= 0.3 is 0 Å². The van der Waals surface area contributed by atoms with Gasteiger partial charge in [-0.1, -0.05) is 0 Å². The molecule has 0 bridgehead atoms. The van der Waals surface area contributed by atoms with Crippen LogP contribution >= 0.6 is 11.3 Å². The zero-order valence-electron chi connectivity index (χ0n) is 17.2. The van der Waals surface area contributed by atoms with E-state index in [2.05, 4.69) is 5.32 Å². The number of fused-ring (bicyclic) bond motifs is 1. The third kappa shape index (κ3) is 3.91. The molecule has 1 unspecified atom stereocenters. The van der Waals surface area contributed by atoms with Crippen LogP contribution in [0.1, 0.15) is 18.6 Å². The van der Waals surface area contributed by atoms with Crippen molar-refractivity contribution in [2.24, 2.45) is 5.92 Å². The molecule has 1 atom stereocenters. The Bertz CT molecular complexity index is 1300. The van der Waals surface area contributed by atoms with Gasteiger partial charge in [-0.3, -0.25) is 9.59 Å². The fourth-order valence-electron chi connectivity index (χ4n) is 4.04. The second-order valence-corrected chi connectivity index (χ2v) is 8.66. The van der Waals surface area contributed by atoms with Gasteiger partial charge in [0.1, 0.15) is 16.3 Å². The maximum atomic E-state index is 13.5. The lowest BCUT2D eigenvalue weighted by atomic mass is 9.97. The number of nitrogens with zero attached hydrogens (tertiary/aromatic N) is 3. The van der Waals surface area contributed by atoms with Crippen molar-refractivity contribution in [1.82, 2.24) is 14.9 Å². The van der Waals surface area contributed by atoms with Gasteiger partial charge in [0.2, 0.25) is 11.9 Å². The quantitative estimate of drug-likeness (QED) is 0.499. The van der Waals surface area contributed by atoms with E-state index in [1.165, 1.54) is 28.0 Å². The predicted octanol–water partition coefficient (Wildman–Crippen LogP) is 3.71. The number of halogens is 1. The van der Waals surface area contributed by atoms with Crippen molar-refractivity contribution in [1.29, 1.82) is 0 Å². The molecule has 4 aromatic rings. The van der Waals surface area contributed by atoms with Gasteiger partial charge in [-0.2, -0.15) is 0 Å². The molecule has 3 aromatic heterocycles. The summed E-state index contributed by atoms with van der Waals surface area (Å²) in [5, 5.41) is 4.76. The number of furan rings is 1. The largest absolute Gasteiger partial charge is 0.467 e. The molecule has 1 saturated heterocycles. The molecule has 0 spiro atoms. The van der Waals surface area contributed by atoms with Crippen LogP contribution in [-0.2, 0) is 11.3 Å². The highest BCUT2D eigenvalue weighted by molar-refractivity contribution is 7.17. The lowest BCUT2D eigenvalue weighted by Crippen LogP contribution is -2.45. The molecule has 1 N–H and O–H groups in total. The van der Waals surface area contributed by atoms with Crippen molar-refractivity contribution in [3.05, 3.63) is 76.0 Å². The Morgan fingerprint density at radius 3 is 2.88 bits per heavy atom. The maximum absolute atomic E-state index is 13.5. The van der Waals surface area contributed by atoms with Crippen molar-refractivity contribution >= 4 is 33.4 Å². The number of nitrogens with one attached hydrogen (secondary N) is 1. The number of amides is 1. The highest BCUT2D eigenvalue weighted by atomic mass is 32.1. The van der Waals surface area contributed by atoms with Gasteiger partial charge in [0.05, 0.1) is 29.9 Å². The van der Waals surface area contributed by atoms with Gasteiger partial charge in [0, 0.05) is 13.1 Å². The van der Waals surface area contributed by atoms with E-state index in [0.29, 0.717) is 47.2 Å². The van der Waals surface area contributed by atoms with Gasteiger partial charge in [0.15, 0.2) is 0 Å². The lowest BCUT2D eigenvalue weighted by Gasteiger charge is -2.34. The van der Waals surface area contributed by atoms with Gasteiger partial charge in [-0.25, -0.2) is 13.9 Å². The van der Waals surface area contributed by atoms with Crippen molar-refractivity contribution in [2.75, 3.05) is 18.0 Å². The van der Waals surface area contributed by atoms with E-state index in [-0.39, 0.29) is 23.2 Å². The Hall–Kier alpha value is -3.46. The maximum Gasteiger partial charge on any atom is 0.277 e. The number of rotatable bonds is 5. The van der Waals surface area contributed by atoms with E-state index in [0.717, 1.165) is 12.8 Å². The van der Waals surface area contributed by atoms with Gasteiger partial charge in [-0.15, -0.1) is 11.3 Å². The third-order valence-corrected chi connectivity index (χ3v) is 6.53. The molecule has 9 heteroatoms. The summed E-state index contributed by atoms with van der Waals surface area (Å²) >= 11 is 1.33. The molecule has 1 amide bonds. The summed E-state index contributed by atoms with van der Waals surface area (Å²) in [5.41, 5.74) is 0.965. The first-order valence-corrected chi connectivity index (χ1v) is 11.3. The van der Waals surface area contributed by atoms with Crippen LogP contribution in [0.3, 0.4) is 0 Å². The summed E-state index contributed by atoms with van der Waals surface area (Å²) in [6.07, 6.45) is 3.12. The van der Waals surface area contributed by atoms with E-state index in [1.54, 1.807) is 24.5 Å². The number of thiophene rings is 1. The van der Waals surface area contributed by atoms with Crippen LogP contribution in [0.25, 0.3) is 15.9 Å². The van der Waals surface area contributed by atoms with Gasteiger partial charge in [0.25, 0.3) is 5.56 Å². The average molecular weight is 453 g/mol. The molecule has 32 heavy (non-hydrogen) atoms. The van der Waals surface area contributed by atoms with Crippen molar-refractivity contribution in [2.45, 2.75) is 19.4 Å². The monoisotopic (exact) mass is 452 g/mol.